The molecule has 19 heavy (non-hydrogen) atoms. The standard InChI is InChI=1S/C12H18O7/c1-6(13)17-9-4-5-10(18-7(2)14)12(11(9)16)19-8(3)15/h9-12,16H,4-5H2,1-3H3/t9-,10+,11-,12+/m0/s1. The minimum Gasteiger partial charge on any atom is -0.460 e. The van der Waals surface area contributed by atoms with Crippen LogP contribution in [0.3, 0.4) is 0 Å². The summed E-state index contributed by atoms with van der Waals surface area (Å²) in [6.45, 7) is 3.65. The highest BCUT2D eigenvalue weighted by Gasteiger charge is 2.44. The van der Waals surface area contributed by atoms with Crippen LogP contribution in [0.5, 0.6) is 0 Å². The van der Waals surface area contributed by atoms with E-state index in [4.69, 9.17) is 14.2 Å². The average molecular weight is 274 g/mol. The van der Waals surface area contributed by atoms with E-state index in [0.717, 1.165) is 0 Å². The Bertz CT molecular complexity index is 365. The largest absolute Gasteiger partial charge is 0.460 e. The number of hydrogen-bond donors (Lipinski definition) is 1. The molecule has 7 heteroatoms. The van der Waals surface area contributed by atoms with Gasteiger partial charge in [0.25, 0.3) is 0 Å². The van der Waals surface area contributed by atoms with Gasteiger partial charge in [0.1, 0.15) is 18.3 Å². The van der Waals surface area contributed by atoms with Crippen LogP contribution in [-0.2, 0) is 28.6 Å². The number of hydrogen-bond acceptors (Lipinski definition) is 7. The normalized spacial score (nSPS) is 30.3. The van der Waals surface area contributed by atoms with Gasteiger partial charge >= 0.3 is 17.9 Å². The summed E-state index contributed by atoms with van der Waals surface area (Å²) in [5.74, 6) is -1.67. The van der Waals surface area contributed by atoms with Crippen LogP contribution in [0.2, 0.25) is 0 Å². The number of ether oxygens (including phenoxy) is 3. The van der Waals surface area contributed by atoms with Crippen molar-refractivity contribution in [3.63, 3.8) is 0 Å². The molecule has 1 saturated carbocycles. The van der Waals surface area contributed by atoms with Crippen molar-refractivity contribution in [2.75, 3.05) is 0 Å². The maximum Gasteiger partial charge on any atom is 0.303 e. The van der Waals surface area contributed by atoms with Gasteiger partial charge in [-0.1, -0.05) is 0 Å². The maximum atomic E-state index is 11.0. The van der Waals surface area contributed by atoms with E-state index in [2.05, 4.69) is 0 Å². The van der Waals surface area contributed by atoms with Crippen molar-refractivity contribution >= 4 is 17.9 Å². The first-order chi connectivity index (χ1) is 8.81. The topological polar surface area (TPSA) is 99.1 Å². The summed E-state index contributed by atoms with van der Waals surface area (Å²) in [4.78, 5) is 32.9. The van der Waals surface area contributed by atoms with Crippen molar-refractivity contribution < 1.29 is 33.7 Å². The fourth-order valence-electron chi connectivity index (χ4n) is 2.11. The first-order valence-electron chi connectivity index (χ1n) is 6.01. The van der Waals surface area contributed by atoms with Crippen molar-refractivity contribution in [1.82, 2.24) is 0 Å². The molecule has 0 unspecified atom stereocenters. The van der Waals surface area contributed by atoms with Crippen LogP contribution < -0.4 is 0 Å². The predicted octanol–water partition coefficient (Wildman–Crippen LogP) is -0.0638. The molecule has 1 aliphatic carbocycles. The molecule has 0 amide bonds. The van der Waals surface area contributed by atoms with Crippen LogP contribution in [0, 0.1) is 0 Å². The Hall–Kier alpha value is -1.63. The lowest BCUT2D eigenvalue weighted by atomic mass is 9.89. The van der Waals surface area contributed by atoms with Crippen molar-refractivity contribution in [2.24, 2.45) is 0 Å². The number of carbonyl (C=O) groups excluding carboxylic acids is 3. The second-order valence-electron chi connectivity index (χ2n) is 4.44. The molecule has 0 aliphatic heterocycles. The maximum absolute atomic E-state index is 11.0. The lowest BCUT2D eigenvalue weighted by Crippen LogP contribution is -2.53. The Labute approximate surface area is 110 Å². The number of carbonyl (C=O) groups is 3. The van der Waals surface area contributed by atoms with Gasteiger partial charge in [0.15, 0.2) is 6.10 Å². The highest BCUT2D eigenvalue weighted by molar-refractivity contribution is 5.68. The molecule has 0 bridgehead atoms. The van der Waals surface area contributed by atoms with Crippen LogP contribution in [0.25, 0.3) is 0 Å². The van der Waals surface area contributed by atoms with Crippen LogP contribution in [-0.4, -0.2) is 47.4 Å². The first-order valence-corrected chi connectivity index (χ1v) is 6.01. The third-order valence-electron chi connectivity index (χ3n) is 2.76. The van der Waals surface area contributed by atoms with Crippen LogP contribution >= 0.6 is 0 Å². The number of aliphatic hydroxyl groups excluding tert-OH is 1. The zero-order valence-electron chi connectivity index (χ0n) is 11.1. The van der Waals surface area contributed by atoms with Gasteiger partial charge in [-0.3, -0.25) is 14.4 Å². The average Bonchev–Trinajstić information content (AvgIpc) is 2.26. The van der Waals surface area contributed by atoms with Crippen molar-refractivity contribution in [3.8, 4) is 0 Å². The third kappa shape index (κ3) is 4.51. The molecule has 0 spiro atoms. The lowest BCUT2D eigenvalue weighted by molar-refractivity contribution is -0.199. The highest BCUT2D eigenvalue weighted by Crippen LogP contribution is 2.27. The second kappa shape index (κ2) is 6.51. The molecule has 0 heterocycles. The Morgan fingerprint density at radius 1 is 0.842 bits per heavy atom. The van der Waals surface area contributed by atoms with Gasteiger partial charge in [0.2, 0.25) is 0 Å². The first kappa shape index (κ1) is 15.4. The summed E-state index contributed by atoms with van der Waals surface area (Å²) in [5.41, 5.74) is 0. The smallest absolute Gasteiger partial charge is 0.303 e. The molecule has 1 aliphatic rings. The fourth-order valence-corrected chi connectivity index (χ4v) is 2.11. The Balaban J connectivity index is 2.79. The zero-order chi connectivity index (χ0) is 14.6. The van der Waals surface area contributed by atoms with E-state index in [-0.39, 0.29) is 0 Å². The Morgan fingerprint density at radius 2 is 1.26 bits per heavy atom. The van der Waals surface area contributed by atoms with Crippen LogP contribution in [0.4, 0.5) is 0 Å². The van der Waals surface area contributed by atoms with E-state index in [1.54, 1.807) is 0 Å². The van der Waals surface area contributed by atoms with Crippen molar-refractivity contribution in [1.29, 1.82) is 0 Å². The Morgan fingerprint density at radius 3 is 1.74 bits per heavy atom. The van der Waals surface area contributed by atoms with Crippen molar-refractivity contribution in [3.05, 3.63) is 0 Å². The molecule has 0 radical (unpaired) electrons. The number of rotatable bonds is 3. The molecule has 108 valence electrons. The van der Waals surface area contributed by atoms with Gasteiger partial charge < -0.3 is 19.3 Å². The quantitative estimate of drug-likeness (QED) is 0.568. The van der Waals surface area contributed by atoms with E-state index in [1.807, 2.05) is 0 Å². The summed E-state index contributed by atoms with van der Waals surface area (Å²) in [6.07, 6.45) is -3.08. The van der Waals surface area contributed by atoms with Gasteiger partial charge in [0.05, 0.1) is 0 Å². The predicted molar refractivity (Wildman–Crippen MR) is 61.9 cm³/mol. The Kier molecular flexibility index (Phi) is 5.29. The van der Waals surface area contributed by atoms with E-state index in [9.17, 15) is 19.5 Å². The van der Waals surface area contributed by atoms with Crippen LogP contribution in [0.15, 0.2) is 0 Å². The summed E-state index contributed by atoms with van der Waals surface area (Å²) in [7, 11) is 0. The number of esters is 3. The molecule has 1 fully saturated rings. The van der Waals surface area contributed by atoms with E-state index in [1.165, 1.54) is 20.8 Å². The van der Waals surface area contributed by atoms with Gasteiger partial charge in [-0.05, 0) is 12.8 Å². The van der Waals surface area contributed by atoms with Gasteiger partial charge in [-0.15, -0.1) is 0 Å². The molecule has 0 aromatic rings. The number of aliphatic hydroxyl groups is 1. The van der Waals surface area contributed by atoms with Gasteiger partial charge in [-0.2, -0.15) is 0 Å². The van der Waals surface area contributed by atoms with E-state index in [0.29, 0.717) is 12.8 Å². The molecular formula is C12H18O7. The molecule has 1 rings (SSSR count). The minimum absolute atomic E-state index is 0.330. The molecule has 7 nitrogen and oxygen atoms in total. The lowest BCUT2D eigenvalue weighted by Gasteiger charge is -2.38. The second-order valence-corrected chi connectivity index (χ2v) is 4.44. The summed E-state index contributed by atoms with van der Waals surface area (Å²) < 4.78 is 14.9. The summed E-state index contributed by atoms with van der Waals surface area (Å²) >= 11 is 0. The zero-order valence-corrected chi connectivity index (χ0v) is 11.1. The molecule has 4 atom stereocenters. The van der Waals surface area contributed by atoms with Gasteiger partial charge in [0, 0.05) is 20.8 Å². The SMILES string of the molecule is CC(=O)O[C@H]1[C@@H](O)[C@@H](OC(C)=O)CC[C@H]1OC(C)=O. The molecule has 1 N–H and O–H groups in total. The van der Waals surface area contributed by atoms with Crippen LogP contribution in [0.1, 0.15) is 33.6 Å². The van der Waals surface area contributed by atoms with Gasteiger partial charge in [-0.25, -0.2) is 0 Å². The monoisotopic (exact) mass is 274 g/mol. The molecular weight excluding hydrogens is 256 g/mol. The van der Waals surface area contributed by atoms with E-state index < -0.39 is 42.3 Å². The van der Waals surface area contributed by atoms with Crippen molar-refractivity contribution in [2.45, 2.75) is 58.0 Å². The minimum atomic E-state index is -1.22. The summed E-state index contributed by atoms with van der Waals surface area (Å²) in [5, 5.41) is 10.1. The third-order valence-corrected chi connectivity index (χ3v) is 2.76. The summed E-state index contributed by atoms with van der Waals surface area (Å²) in [6, 6.07) is 0. The fraction of sp³-hybridized carbons (Fsp3) is 0.750. The highest BCUT2D eigenvalue weighted by atomic mass is 16.6. The molecule has 0 aromatic heterocycles. The molecule has 0 saturated heterocycles. The van der Waals surface area contributed by atoms with E-state index >= 15 is 0 Å². The molecule has 0 aromatic carbocycles.